The molecular weight excluding hydrogens is 578 g/mol. The fourth-order valence-corrected chi connectivity index (χ4v) is 6.33. The maximum absolute atomic E-state index is 14.3. The lowest BCUT2D eigenvalue weighted by Gasteiger charge is -2.44. The van der Waals surface area contributed by atoms with Gasteiger partial charge in [0, 0.05) is 41.8 Å². The minimum atomic E-state index is -3.81. The molecule has 0 spiro atoms. The molecule has 1 fully saturated rings. The van der Waals surface area contributed by atoms with Crippen molar-refractivity contribution in [1.82, 2.24) is 15.5 Å². The van der Waals surface area contributed by atoms with Crippen LogP contribution >= 0.6 is 23.2 Å². The van der Waals surface area contributed by atoms with Crippen molar-refractivity contribution in [3.05, 3.63) is 99.3 Å². The van der Waals surface area contributed by atoms with Gasteiger partial charge in [0.05, 0.1) is 17.4 Å². The molecule has 0 radical (unpaired) electrons. The second kappa shape index (κ2) is 12.6. The van der Waals surface area contributed by atoms with E-state index in [1.54, 1.807) is 0 Å². The predicted octanol–water partition coefficient (Wildman–Crippen LogP) is 4.46. The van der Waals surface area contributed by atoms with E-state index in [1.165, 1.54) is 20.0 Å². The number of rotatable bonds is 10. The minimum Gasteiger partial charge on any atom is -0.357 e. The zero-order valence-corrected chi connectivity index (χ0v) is 24.2. The van der Waals surface area contributed by atoms with Gasteiger partial charge in [-0.15, -0.1) is 0 Å². The van der Waals surface area contributed by atoms with Crippen molar-refractivity contribution in [3.8, 4) is 0 Å². The van der Waals surface area contributed by atoms with Crippen LogP contribution in [0.2, 0.25) is 10.0 Å². The number of hydrogen-bond acceptors (Lipinski definition) is 5. The Bertz CT molecular complexity index is 1440. The fraction of sp³-hybridized carbons (Fsp3) is 0.286. The number of carbonyl (C=O) groups excluding carboxylic acids is 2. The van der Waals surface area contributed by atoms with Gasteiger partial charge in [-0.3, -0.25) is 19.2 Å². The first kappa shape index (κ1) is 29.8. The van der Waals surface area contributed by atoms with Gasteiger partial charge < -0.3 is 10.6 Å². The van der Waals surface area contributed by atoms with Gasteiger partial charge >= 0.3 is 0 Å². The summed E-state index contributed by atoms with van der Waals surface area (Å²) in [6.07, 6.45) is 0. The summed E-state index contributed by atoms with van der Waals surface area (Å²) in [6.45, 7) is 2.52. The van der Waals surface area contributed by atoms with Gasteiger partial charge in [0.2, 0.25) is 15.9 Å². The molecule has 1 heterocycles. The minimum absolute atomic E-state index is 0.0514. The summed E-state index contributed by atoms with van der Waals surface area (Å²) >= 11 is 12.2. The van der Waals surface area contributed by atoms with Crippen molar-refractivity contribution in [2.24, 2.45) is 5.92 Å². The molecule has 1 aliphatic rings. The van der Waals surface area contributed by atoms with Crippen LogP contribution < -0.4 is 15.4 Å². The van der Waals surface area contributed by atoms with E-state index in [4.69, 9.17) is 23.2 Å². The molecule has 2 amide bonds. The molecule has 0 aromatic heterocycles. The maximum atomic E-state index is 14.3. The van der Waals surface area contributed by atoms with Crippen molar-refractivity contribution in [2.45, 2.75) is 19.0 Å². The summed E-state index contributed by atoms with van der Waals surface area (Å²) in [5.41, 5.74) is 1.72. The molecule has 1 saturated heterocycles. The number of carbonyl (C=O) groups is 2. The number of amides is 2. The molecule has 0 bridgehead atoms. The van der Waals surface area contributed by atoms with Gasteiger partial charge in [-0.25, -0.2) is 12.8 Å². The Hall–Kier alpha value is -3.18. The second-order valence-electron chi connectivity index (χ2n) is 9.71. The van der Waals surface area contributed by atoms with Crippen LogP contribution in [0.25, 0.3) is 0 Å². The Morgan fingerprint density at radius 1 is 0.975 bits per heavy atom. The second-order valence-corrected chi connectivity index (χ2v) is 12.4. The SMILES string of the molecule is CNC(=O)[C@H](C)NC(=O)c1cc(NS(=O)(=O)CC2CN(C(c3ccc(Cl)cc3)c3ccc(Cl)cc3)C2)ccc1F. The van der Waals surface area contributed by atoms with Crippen molar-refractivity contribution >= 4 is 50.7 Å². The topological polar surface area (TPSA) is 108 Å². The number of hydrogen-bond donors (Lipinski definition) is 3. The molecule has 3 aromatic carbocycles. The van der Waals surface area contributed by atoms with Crippen molar-refractivity contribution in [1.29, 1.82) is 0 Å². The molecule has 12 heteroatoms. The summed E-state index contributed by atoms with van der Waals surface area (Å²) < 4.78 is 42.7. The molecule has 3 aromatic rings. The number of benzene rings is 3. The highest BCUT2D eigenvalue weighted by Crippen LogP contribution is 2.36. The van der Waals surface area contributed by atoms with Crippen molar-refractivity contribution in [3.63, 3.8) is 0 Å². The summed E-state index contributed by atoms with van der Waals surface area (Å²) in [6, 6.07) is 17.4. The summed E-state index contributed by atoms with van der Waals surface area (Å²) in [5, 5.41) is 6.03. The molecule has 0 unspecified atom stereocenters. The van der Waals surface area contributed by atoms with E-state index in [0.29, 0.717) is 23.1 Å². The van der Waals surface area contributed by atoms with E-state index in [9.17, 15) is 22.4 Å². The highest BCUT2D eigenvalue weighted by Gasteiger charge is 2.36. The summed E-state index contributed by atoms with van der Waals surface area (Å²) in [4.78, 5) is 26.4. The lowest BCUT2D eigenvalue weighted by Crippen LogP contribution is -2.51. The van der Waals surface area contributed by atoms with Crippen LogP contribution in [-0.4, -0.2) is 57.1 Å². The van der Waals surface area contributed by atoms with E-state index >= 15 is 0 Å². The normalized spacial score (nSPS) is 14.8. The lowest BCUT2D eigenvalue weighted by molar-refractivity contribution is -0.122. The first-order valence-electron chi connectivity index (χ1n) is 12.5. The average Bonchev–Trinajstić information content (AvgIpc) is 2.89. The van der Waals surface area contributed by atoms with E-state index in [2.05, 4.69) is 20.3 Å². The summed E-state index contributed by atoms with van der Waals surface area (Å²) in [5.74, 6) is -2.41. The molecule has 1 aliphatic heterocycles. The molecule has 8 nitrogen and oxygen atoms in total. The van der Waals surface area contributed by atoms with Crippen LogP contribution in [0.1, 0.15) is 34.5 Å². The average molecular weight is 608 g/mol. The van der Waals surface area contributed by atoms with Crippen LogP contribution in [-0.2, 0) is 14.8 Å². The van der Waals surface area contributed by atoms with Gasteiger partial charge in [0.25, 0.3) is 5.91 Å². The third-order valence-corrected chi connectivity index (χ3v) is 8.61. The number of nitrogens with zero attached hydrogens (tertiary/aromatic N) is 1. The van der Waals surface area contributed by atoms with Gasteiger partial charge in [-0.1, -0.05) is 47.5 Å². The maximum Gasteiger partial charge on any atom is 0.254 e. The van der Waals surface area contributed by atoms with Gasteiger partial charge in [-0.2, -0.15) is 0 Å². The zero-order chi connectivity index (χ0) is 29.0. The van der Waals surface area contributed by atoms with Crippen molar-refractivity contribution < 1.29 is 22.4 Å². The van der Waals surface area contributed by atoms with E-state index in [1.807, 2.05) is 48.5 Å². The standard InChI is InChI=1S/C28H29Cl2FN4O4S/c1-17(27(36)32-2)33-28(37)24-13-23(11-12-25(24)31)34-40(38,39)16-18-14-35(15-18)26(19-3-7-21(29)8-4-19)20-5-9-22(30)10-6-20/h3-13,17-18,26,34H,14-16H2,1-2H3,(H,32,36)(H,33,37)/t17-/m0/s1. The van der Waals surface area contributed by atoms with Crippen molar-refractivity contribution in [2.75, 3.05) is 30.6 Å². The number of likely N-dealkylation sites (tertiary alicyclic amines) is 1. The lowest BCUT2D eigenvalue weighted by atomic mass is 9.91. The number of halogens is 3. The van der Waals surface area contributed by atoms with Gasteiger partial charge in [0.15, 0.2) is 0 Å². The van der Waals surface area contributed by atoms with Crippen LogP contribution in [0.5, 0.6) is 0 Å². The van der Waals surface area contributed by atoms with Crippen LogP contribution in [0.15, 0.2) is 66.7 Å². The van der Waals surface area contributed by atoms with E-state index in [0.717, 1.165) is 23.3 Å². The van der Waals surface area contributed by atoms with Crippen LogP contribution in [0.3, 0.4) is 0 Å². The first-order valence-corrected chi connectivity index (χ1v) is 14.9. The predicted molar refractivity (Wildman–Crippen MR) is 155 cm³/mol. The van der Waals surface area contributed by atoms with Crippen LogP contribution in [0, 0.1) is 11.7 Å². The Balaban J connectivity index is 1.42. The number of likely N-dealkylation sites (N-methyl/N-ethyl adjacent to an activating group) is 1. The monoisotopic (exact) mass is 606 g/mol. The zero-order valence-electron chi connectivity index (χ0n) is 21.8. The van der Waals surface area contributed by atoms with Crippen LogP contribution in [0.4, 0.5) is 10.1 Å². The molecule has 4 rings (SSSR count). The molecule has 0 saturated carbocycles. The number of nitrogens with one attached hydrogen (secondary N) is 3. The third kappa shape index (κ3) is 7.31. The number of anilines is 1. The highest BCUT2D eigenvalue weighted by atomic mass is 35.5. The summed E-state index contributed by atoms with van der Waals surface area (Å²) in [7, 11) is -2.40. The largest absolute Gasteiger partial charge is 0.357 e. The quantitative estimate of drug-likeness (QED) is 0.316. The molecule has 3 N–H and O–H groups in total. The molecule has 1 atom stereocenters. The number of sulfonamides is 1. The molecular formula is C28H29Cl2FN4O4S. The third-order valence-electron chi connectivity index (χ3n) is 6.65. The molecule has 0 aliphatic carbocycles. The Labute approximate surface area is 242 Å². The van der Waals surface area contributed by atoms with Gasteiger partial charge in [-0.05, 0) is 60.5 Å². The molecule has 212 valence electrons. The van der Waals surface area contributed by atoms with Gasteiger partial charge in [0.1, 0.15) is 11.9 Å². The Kier molecular flexibility index (Phi) is 9.35. The Morgan fingerprint density at radius 3 is 2.05 bits per heavy atom. The first-order chi connectivity index (χ1) is 19.0. The smallest absolute Gasteiger partial charge is 0.254 e. The fourth-order valence-electron chi connectivity index (χ4n) is 4.68. The molecule has 40 heavy (non-hydrogen) atoms. The van der Waals surface area contributed by atoms with E-state index in [-0.39, 0.29) is 29.0 Å². The highest BCUT2D eigenvalue weighted by molar-refractivity contribution is 7.92. The van der Waals surface area contributed by atoms with E-state index < -0.39 is 33.7 Å². The Morgan fingerprint density at radius 2 is 1.52 bits per heavy atom.